The molecule has 0 radical (unpaired) electrons. The van der Waals surface area contributed by atoms with Crippen LogP contribution in [-0.2, 0) is 6.54 Å². The van der Waals surface area contributed by atoms with E-state index in [4.69, 9.17) is 5.73 Å². The second-order valence-corrected chi connectivity index (χ2v) is 6.58. The van der Waals surface area contributed by atoms with Gasteiger partial charge in [0.15, 0.2) is 5.82 Å². The molecular weight excluding hydrogens is 348 g/mol. The van der Waals surface area contributed by atoms with Gasteiger partial charge in [-0.3, -0.25) is 4.79 Å². The molecule has 8 heteroatoms. The van der Waals surface area contributed by atoms with E-state index in [1.807, 2.05) is 17.3 Å². The Hall–Kier alpha value is -1.12. The predicted octanol–water partition coefficient (Wildman–Crippen LogP) is 2.55. The molecule has 0 atom stereocenters. The van der Waals surface area contributed by atoms with Gasteiger partial charge in [0.25, 0.3) is 5.91 Å². The maximum atomic E-state index is 11.8. The summed E-state index contributed by atoms with van der Waals surface area (Å²) in [6, 6.07) is 2.06. The third-order valence-electron chi connectivity index (χ3n) is 2.52. The standard InChI is InChI=1S/C11H13BrN4OS2/c1-14-10(17)8-9(13)15-19-11(8)16(2)4-7-3-6(12)5-18-7/h3,5H,4H2,1-2H3,(H2,13,15)(H,14,17). The molecule has 19 heavy (non-hydrogen) atoms. The van der Waals surface area contributed by atoms with E-state index >= 15 is 0 Å². The second kappa shape index (κ2) is 5.89. The summed E-state index contributed by atoms with van der Waals surface area (Å²) in [6.45, 7) is 0.710. The van der Waals surface area contributed by atoms with Gasteiger partial charge in [0.1, 0.15) is 10.6 Å². The zero-order chi connectivity index (χ0) is 14.0. The SMILES string of the molecule is CNC(=O)c1c(N)nsc1N(C)Cc1cc(Br)cs1. The summed E-state index contributed by atoms with van der Waals surface area (Å²) in [5.41, 5.74) is 6.21. The molecule has 2 rings (SSSR count). The number of aromatic nitrogens is 1. The Labute approximate surface area is 127 Å². The molecule has 0 saturated heterocycles. The van der Waals surface area contributed by atoms with Crippen LogP contribution in [0.15, 0.2) is 15.9 Å². The van der Waals surface area contributed by atoms with Gasteiger partial charge < -0.3 is 16.0 Å². The number of nitrogens with one attached hydrogen (secondary N) is 1. The average Bonchev–Trinajstić information content (AvgIpc) is 2.94. The van der Waals surface area contributed by atoms with Crippen LogP contribution in [0.4, 0.5) is 10.8 Å². The van der Waals surface area contributed by atoms with E-state index in [9.17, 15) is 4.79 Å². The third kappa shape index (κ3) is 3.07. The van der Waals surface area contributed by atoms with Crippen molar-refractivity contribution in [1.29, 1.82) is 0 Å². The van der Waals surface area contributed by atoms with Crippen molar-refractivity contribution in [3.05, 3.63) is 26.4 Å². The Balaban J connectivity index is 2.24. The first-order valence-corrected chi connectivity index (χ1v) is 7.88. The summed E-state index contributed by atoms with van der Waals surface area (Å²) in [4.78, 5) is 15.0. The predicted molar refractivity (Wildman–Crippen MR) is 84.0 cm³/mol. The van der Waals surface area contributed by atoms with E-state index in [0.717, 1.165) is 9.47 Å². The third-order valence-corrected chi connectivity index (χ3v) is 5.18. The molecule has 2 aromatic heterocycles. The summed E-state index contributed by atoms with van der Waals surface area (Å²) in [5, 5.41) is 5.40. The number of amides is 1. The van der Waals surface area contributed by atoms with Gasteiger partial charge in [0, 0.05) is 28.8 Å². The first kappa shape index (κ1) is 14.3. The molecular formula is C11H13BrN4OS2. The number of hydrogen-bond donors (Lipinski definition) is 2. The normalized spacial score (nSPS) is 10.5. The van der Waals surface area contributed by atoms with Crippen LogP contribution in [0.3, 0.4) is 0 Å². The quantitative estimate of drug-likeness (QED) is 0.878. The molecule has 1 amide bonds. The molecule has 0 aliphatic carbocycles. The van der Waals surface area contributed by atoms with Crippen molar-refractivity contribution in [1.82, 2.24) is 9.69 Å². The molecule has 2 heterocycles. The Bertz CT molecular complexity index is 595. The molecule has 2 aromatic rings. The second-order valence-electron chi connectivity index (χ2n) is 3.91. The zero-order valence-electron chi connectivity index (χ0n) is 10.4. The number of halogens is 1. The first-order valence-electron chi connectivity index (χ1n) is 5.44. The smallest absolute Gasteiger partial charge is 0.257 e. The molecule has 3 N–H and O–H groups in total. The minimum Gasteiger partial charge on any atom is -0.382 e. The summed E-state index contributed by atoms with van der Waals surface area (Å²) in [5.74, 6) is 0.0685. The largest absolute Gasteiger partial charge is 0.382 e. The van der Waals surface area contributed by atoms with Gasteiger partial charge in [-0.2, -0.15) is 4.37 Å². The van der Waals surface area contributed by atoms with Crippen molar-refractivity contribution in [2.24, 2.45) is 0 Å². The van der Waals surface area contributed by atoms with E-state index < -0.39 is 0 Å². The summed E-state index contributed by atoms with van der Waals surface area (Å²) in [7, 11) is 3.51. The van der Waals surface area contributed by atoms with Crippen LogP contribution in [0, 0.1) is 0 Å². The highest BCUT2D eigenvalue weighted by Gasteiger charge is 2.21. The number of rotatable bonds is 4. The molecule has 0 aromatic carbocycles. The lowest BCUT2D eigenvalue weighted by Gasteiger charge is -2.17. The van der Waals surface area contributed by atoms with Crippen LogP contribution < -0.4 is 16.0 Å². The topological polar surface area (TPSA) is 71.2 Å². The summed E-state index contributed by atoms with van der Waals surface area (Å²) >= 11 is 6.33. The minimum absolute atomic E-state index is 0.208. The Kier molecular flexibility index (Phi) is 4.43. The van der Waals surface area contributed by atoms with Gasteiger partial charge in [-0.15, -0.1) is 11.3 Å². The average molecular weight is 361 g/mol. The maximum absolute atomic E-state index is 11.8. The molecule has 0 fully saturated rings. The van der Waals surface area contributed by atoms with Crippen LogP contribution in [0.2, 0.25) is 0 Å². The molecule has 0 saturated carbocycles. The monoisotopic (exact) mass is 360 g/mol. The highest BCUT2D eigenvalue weighted by atomic mass is 79.9. The van der Waals surface area contributed by atoms with E-state index in [2.05, 4.69) is 31.7 Å². The number of nitrogens with zero attached hydrogens (tertiary/aromatic N) is 2. The molecule has 0 spiro atoms. The van der Waals surface area contributed by atoms with Crippen LogP contribution in [0.5, 0.6) is 0 Å². The highest BCUT2D eigenvalue weighted by Crippen LogP contribution is 2.31. The van der Waals surface area contributed by atoms with Crippen molar-refractivity contribution in [3.63, 3.8) is 0 Å². The van der Waals surface area contributed by atoms with Crippen molar-refractivity contribution >= 4 is 55.5 Å². The summed E-state index contributed by atoms with van der Waals surface area (Å²) in [6.07, 6.45) is 0. The Morgan fingerprint density at radius 3 is 2.95 bits per heavy atom. The van der Waals surface area contributed by atoms with Crippen molar-refractivity contribution in [3.8, 4) is 0 Å². The van der Waals surface area contributed by atoms with Gasteiger partial charge >= 0.3 is 0 Å². The van der Waals surface area contributed by atoms with Crippen molar-refractivity contribution in [2.75, 3.05) is 24.7 Å². The highest BCUT2D eigenvalue weighted by molar-refractivity contribution is 9.10. The number of thiophene rings is 1. The van der Waals surface area contributed by atoms with Crippen LogP contribution >= 0.6 is 38.8 Å². The number of nitrogens with two attached hydrogens (primary N) is 1. The van der Waals surface area contributed by atoms with Crippen molar-refractivity contribution in [2.45, 2.75) is 6.54 Å². The van der Waals surface area contributed by atoms with Crippen LogP contribution in [-0.4, -0.2) is 24.4 Å². The molecule has 0 aliphatic heterocycles. The van der Waals surface area contributed by atoms with E-state index in [0.29, 0.717) is 12.1 Å². The van der Waals surface area contributed by atoms with E-state index in [-0.39, 0.29) is 11.7 Å². The molecule has 0 unspecified atom stereocenters. The van der Waals surface area contributed by atoms with Gasteiger partial charge in [0.2, 0.25) is 0 Å². The number of carbonyl (C=O) groups excluding carboxylic acids is 1. The Morgan fingerprint density at radius 2 is 2.37 bits per heavy atom. The van der Waals surface area contributed by atoms with Gasteiger partial charge in [0.05, 0.1) is 6.54 Å². The van der Waals surface area contributed by atoms with Gasteiger partial charge in [-0.25, -0.2) is 0 Å². The number of hydrogen-bond acceptors (Lipinski definition) is 6. The van der Waals surface area contributed by atoms with E-state index in [1.165, 1.54) is 16.4 Å². The number of carbonyl (C=O) groups is 1. The summed E-state index contributed by atoms with van der Waals surface area (Å²) < 4.78 is 5.13. The first-order chi connectivity index (χ1) is 9.02. The van der Waals surface area contributed by atoms with Crippen LogP contribution in [0.25, 0.3) is 0 Å². The number of anilines is 2. The van der Waals surface area contributed by atoms with E-state index in [1.54, 1.807) is 18.4 Å². The lowest BCUT2D eigenvalue weighted by molar-refractivity contribution is 0.0964. The fraction of sp³-hybridized carbons (Fsp3) is 0.273. The maximum Gasteiger partial charge on any atom is 0.257 e. The fourth-order valence-electron chi connectivity index (χ4n) is 1.63. The zero-order valence-corrected chi connectivity index (χ0v) is 13.7. The molecule has 102 valence electrons. The molecule has 0 aliphatic rings. The number of nitrogen functional groups attached to an aromatic ring is 1. The van der Waals surface area contributed by atoms with Crippen molar-refractivity contribution < 1.29 is 4.79 Å². The minimum atomic E-state index is -0.208. The molecule has 5 nitrogen and oxygen atoms in total. The molecule has 0 bridgehead atoms. The Morgan fingerprint density at radius 1 is 1.63 bits per heavy atom. The van der Waals surface area contributed by atoms with Gasteiger partial charge in [-0.1, -0.05) is 0 Å². The lowest BCUT2D eigenvalue weighted by atomic mass is 10.2. The fourth-order valence-corrected chi connectivity index (χ4v) is 3.91. The lowest BCUT2D eigenvalue weighted by Crippen LogP contribution is -2.23. The van der Waals surface area contributed by atoms with Crippen LogP contribution in [0.1, 0.15) is 15.2 Å². The van der Waals surface area contributed by atoms with Gasteiger partial charge in [-0.05, 0) is 33.5 Å².